The molecule has 6 rings (SSSR count). The summed E-state index contributed by atoms with van der Waals surface area (Å²) in [7, 11) is 0. The van der Waals surface area contributed by atoms with Crippen molar-refractivity contribution in [3.63, 3.8) is 0 Å². The Labute approximate surface area is 195 Å². The Bertz CT molecular complexity index is 1430. The second-order valence-corrected chi connectivity index (χ2v) is 9.29. The molecule has 1 amide bonds. The van der Waals surface area contributed by atoms with Gasteiger partial charge < -0.3 is 25.9 Å². The molecule has 5 N–H and O–H groups in total. The fraction of sp³-hybridized carbons (Fsp3) is 0.320. The van der Waals surface area contributed by atoms with Crippen LogP contribution in [-0.4, -0.2) is 45.5 Å². The largest absolute Gasteiger partial charge is 0.355 e. The van der Waals surface area contributed by atoms with E-state index < -0.39 is 0 Å². The number of aromatic nitrogens is 4. The van der Waals surface area contributed by atoms with Crippen molar-refractivity contribution in [3.8, 4) is 11.3 Å². The molecule has 1 spiro atoms. The highest BCUT2D eigenvalue weighted by molar-refractivity contribution is 6.08. The first-order chi connectivity index (χ1) is 16.5. The van der Waals surface area contributed by atoms with Gasteiger partial charge in [-0.25, -0.2) is 14.4 Å². The first-order valence-electron chi connectivity index (χ1n) is 11.6. The summed E-state index contributed by atoms with van der Waals surface area (Å²) in [6.45, 7) is 5.92. The lowest BCUT2D eigenvalue weighted by atomic mass is 9.74. The minimum Gasteiger partial charge on any atom is -0.355 e. The van der Waals surface area contributed by atoms with E-state index in [2.05, 4.69) is 35.9 Å². The summed E-state index contributed by atoms with van der Waals surface area (Å²) in [4.78, 5) is 29.1. The highest BCUT2D eigenvalue weighted by Gasteiger charge is 2.44. The predicted octanol–water partition coefficient (Wildman–Crippen LogP) is 3.82. The molecule has 34 heavy (non-hydrogen) atoms. The van der Waals surface area contributed by atoms with E-state index in [4.69, 9.17) is 0 Å². The number of H-pyrrole nitrogens is 2. The number of nitrogens with one attached hydrogen (secondary N) is 5. The third-order valence-electron chi connectivity index (χ3n) is 7.12. The fourth-order valence-corrected chi connectivity index (χ4v) is 5.32. The van der Waals surface area contributed by atoms with Gasteiger partial charge >= 0.3 is 0 Å². The normalized spacial score (nSPS) is 19.9. The van der Waals surface area contributed by atoms with Crippen LogP contribution in [0.25, 0.3) is 22.4 Å². The molecule has 9 heteroatoms. The summed E-state index contributed by atoms with van der Waals surface area (Å²) < 4.78 is 14.4. The number of carbonyl (C=O) groups excluding carboxylic acids is 1. The number of benzene rings is 1. The van der Waals surface area contributed by atoms with Crippen LogP contribution in [-0.2, 0) is 5.41 Å². The molecule has 0 radical (unpaired) electrons. The molecule has 1 atom stereocenters. The van der Waals surface area contributed by atoms with E-state index >= 15 is 0 Å². The molecule has 0 unspecified atom stereocenters. The predicted molar refractivity (Wildman–Crippen MR) is 129 cm³/mol. The number of pyridine rings is 1. The van der Waals surface area contributed by atoms with Gasteiger partial charge in [-0.2, -0.15) is 0 Å². The van der Waals surface area contributed by atoms with Gasteiger partial charge in [-0.05, 0) is 51.4 Å². The summed E-state index contributed by atoms with van der Waals surface area (Å²) in [5.74, 6) is 0.313. The third-order valence-corrected chi connectivity index (χ3v) is 7.12. The summed E-state index contributed by atoms with van der Waals surface area (Å²) in [5, 5.41) is 10.0. The number of amides is 1. The van der Waals surface area contributed by atoms with E-state index in [0.717, 1.165) is 54.2 Å². The number of aryl methyl sites for hydroxylation is 1. The van der Waals surface area contributed by atoms with Crippen molar-refractivity contribution in [3.05, 3.63) is 58.9 Å². The van der Waals surface area contributed by atoms with Crippen LogP contribution in [0.4, 0.5) is 15.8 Å². The standard InChI is InChI=1S/C25H26FN7O/c1-13-16(26)5-3-6-17(13)32-21-18-22(25(12-29-24(18)34)8-4-9-27-11-25)33-19(21)15-7-10-28-23-20(15)30-14(2)31-23/h3,5-7,10,27,32-33H,4,8-9,11-12H2,1-2H3,(H,29,34)(H,28,30,31)/t25-/m1/s1. The second-order valence-electron chi connectivity index (χ2n) is 9.29. The third kappa shape index (κ3) is 3.11. The van der Waals surface area contributed by atoms with Crippen molar-refractivity contribution in [2.24, 2.45) is 0 Å². The number of fused-ring (bicyclic) bond motifs is 3. The highest BCUT2D eigenvalue weighted by Crippen LogP contribution is 2.45. The van der Waals surface area contributed by atoms with Crippen molar-refractivity contribution in [1.82, 2.24) is 30.6 Å². The average Bonchev–Trinajstić information content (AvgIpc) is 3.41. The fourth-order valence-electron chi connectivity index (χ4n) is 5.32. The van der Waals surface area contributed by atoms with Crippen LogP contribution in [0, 0.1) is 19.7 Å². The second kappa shape index (κ2) is 7.66. The van der Waals surface area contributed by atoms with Gasteiger partial charge in [0, 0.05) is 47.2 Å². The molecule has 1 saturated heterocycles. The number of hydrogen-bond donors (Lipinski definition) is 5. The minimum absolute atomic E-state index is 0.142. The van der Waals surface area contributed by atoms with Crippen molar-refractivity contribution in [2.45, 2.75) is 32.1 Å². The first kappa shape index (κ1) is 20.9. The zero-order valence-electron chi connectivity index (χ0n) is 19.1. The molecule has 0 bridgehead atoms. The smallest absolute Gasteiger partial charge is 0.255 e. The molecule has 174 valence electrons. The number of anilines is 2. The van der Waals surface area contributed by atoms with Gasteiger partial charge in [0.25, 0.3) is 5.91 Å². The molecular weight excluding hydrogens is 433 g/mol. The Balaban J connectivity index is 1.62. The van der Waals surface area contributed by atoms with E-state index in [1.165, 1.54) is 6.07 Å². The highest BCUT2D eigenvalue weighted by atomic mass is 19.1. The maximum absolute atomic E-state index is 14.4. The Morgan fingerprint density at radius 1 is 1.15 bits per heavy atom. The Morgan fingerprint density at radius 3 is 2.85 bits per heavy atom. The van der Waals surface area contributed by atoms with Gasteiger partial charge in [-0.15, -0.1) is 0 Å². The molecule has 2 aliphatic heterocycles. The Kier molecular flexibility index (Phi) is 4.70. The SMILES string of the molecule is Cc1nc2nccc(-c3[nH]c4c(c3Nc3cccc(F)c3C)C(=O)NC[C@]43CCCNC3)c2[nH]1. The number of piperidine rings is 1. The molecular formula is C25H26FN7O. The molecule has 1 aromatic carbocycles. The van der Waals surface area contributed by atoms with Crippen LogP contribution in [0.3, 0.4) is 0 Å². The van der Waals surface area contributed by atoms with Gasteiger partial charge in [0.1, 0.15) is 11.6 Å². The molecule has 5 heterocycles. The topological polar surface area (TPSA) is 111 Å². The zero-order valence-corrected chi connectivity index (χ0v) is 19.1. The van der Waals surface area contributed by atoms with Crippen molar-refractivity contribution < 1.29 is 9.18 Å². The maximum Gasteiger partial charge on any atom is 0.255 e. The van der Waals surface area contributed by atoms with Gasteiger partial charge in [0.2, 0.25) is 0 Å². The van der Waals surface area contributed by atoms with Crippen molar-refractivity contribution in [1.29, 1.82) is 0 Å². The molecule has 2 aliphatic rings. The summed E-state index contributed by atoms with van der Waals surface area (Å²) in [5.41, 5.74) is 5.99. The van der Waals surface area contributed by atoms with E-state index in [1.807, 2.05) is 19.1 Å². The molecule has 8 nitrogen and oxygen atoms in total. The Hall–Kier alpha value is -3.72. The van der Waals surface area contributed by atoms with Crippen LogP contribution >= 0.6 is 0 Å². The number of halogens is 1. The first-order valence-corrected chi connectivity index (χ1v) is 11.6. The number of aromatic amines is 2. The van der Waals surface area contributed by atoms with Crippen molar-refractivity contribution >= 4 is 28.4 Å². The quantitative estimate of drug-likeness (QED) is 0.320. The van der Waals surface area contributed by atoms with Crippen LogP contribution in [0.15, 0.2) is 30.5 Å². The van der Waals surface area contributed by atoms with Gasteiger partial charge in [0.15, 0.2) is 5.65 Å². The van der Waals surface area contributed by atoms with Crippen LogP contribution in [0.1, 0.15) is 40.3 Å². The number of nitrogens with zero attached hydrogens (tertiary/aromatic N) is 2. The molecule has 0 aliphatic carbocycles. The molecule has 4 aromatic rings. The maximum atomic E-state index is 14.4. The van der Waals surface area contributed by atoms with E-state index in [-0.39, 0.29) is 17.1 Å². The van der Waals surface area contributed by atoms with E-state index in [0.29, 0.717) is 34.7 Å². The van der Waals surface area contributed by atoms with Crippen LogP contribution in [0.5, 0.6) is 0 Å². The lowest BCUT2D eigenvalue weighted by Gasteiger charge is -2.40. The number of imidazole rings is 1. The van der Waals surface area contributed by atoms with Gasteiger partial charge in [0.05, 0.1) is 22.5 Å². The number of hydrogen-bond acceptors (Lipinski definition) is 5. The lowest BCUT2D eigenvalue weighted by molar-refractivity contribution is 0.0916. The summed E-state index contributed by atoms with van der Waals surface area (Å²) in [6, 6.07) is 6.83. The Morgan fingerprint density at radius 2 is 2.03 bits per heavy atom. The van der Waals surface area contributed by atoms with Crippen LogP contribution in [0.2, 0.25) is 0 Å². The van der Waals surface area contributed by atoms with Gasteiger partial charge in [-0.1, -0.05) is 6.07 Å². The van der Waals surface area contributed by atoms with Crippen molar-refractivity contribution in [2.75, 3.05) is 25.0 Å². The minimum atomic E-state index is -0.302. The molecule has 3 aromatic heterocycles. The van der Waals surface area contributed by atoms with Gasteiger partial charge in [-0.3, -0.25) is 4.79 Å². The number of rotatable bonds is 3. The average molecular weight is 460 g/mol. The number of carbonyl (C=O) groups is 1. The monoisotopic (exact) mass is 459 g/mol. The molecule has 1 fully saturated rings. The summed E-state index contributed by atoms with van der Waals surface area (Å²) >= 11 is 0. The molecule has 0 saturated carbocycles. The summed E-state index contributed by atoms with van der Waals surface area (Å²) in [6.07, 6.45) is 3.70. The van der Waals surface area contributed by atoms with E-state index in [1.54, 1.807) is 19.2 Å². The van der Waals surface area contributed by atoms with E-state index in [9.17, 15) is 9.18 Å². The lowest BCUT2D eigenvalue weighted by Crippen LogP contribution is -2.54. The zero-order chi connectivity index (χ0) is 23.4. The van der Waals surface area contributed by atoms with Crippen LogP contribution < -0.4 is 16.0 Å².